The summed E-state index contributed by atoms with van der Waals surface area (Å²) >= 11 is 2.05. The fraction of sp³-hybridized carbons (Fsp3) is 0.588. The average Bonchev–Trinajstić information content (AvgIpc) is 3.14. The summed E-state index contributed by atoms with van der Waals surface area (Å²) in [5, 5.41) is 7.59. The first kappa shape index (κ1) is 15.7. The van der Waals surface area contributed by atoms with Gasteiger partial charge in [-0.15, -0.1) is 0 Å². The number of hydrogen-bond donors (Lipinski definition) is 2. The van der Waals surface area contributed by atoms with Crippen molar-refractivity contribution in [2.45, 2.75) is 36.3 Å². The molecule has 0 spiro atoms. The molecule has 1 aromatic rings. The van der Waals surface area contributed by atoms with Crippen molar-refractivity contribution in [1.29, 1.82) is 0 Å². The van der Waals surface area contributed by atoms with Crippen molar-refractivity contribution in [2.75, 3.05) is 25.9 Å². The van der Waals surface area contributed by atoms with Crippen molar-refractivity contribution in [3.63, 3.8) is 0 Å². The van der Waals surface area contributed by atoms with E-state index in [0.717, 1.165) is 31.9 Å². The van der Waals surface area contributed by atoms with E-state index in [9.17, 15) is 4.39 Å². The highest BCUT2D eigenvalue weighted by Crippen LogP contribution is 2.47. The van der Waals surface area contributed by atoms with E-state index < -0.39 is 0 Å². The molecule has 1 heterocycles. The lowest BCUT2D eigenvalue weighted by molar-refractivity contribution is 0.617. The van der Waals surface area contributed by atoms with Crippen LogP contribution in [0.15, 0.2) is 29.3 Å². The minimum absolute atomic E-state index is 0.160. The third kappa shape index (κ3) is 3.75. The van der Waals surface area contributed by atoms with Gasteiger partial charge in [0.15, 0.2) is 5.96 Å². The van der Waals surface area contributed by atoms with Crippen LogP contribution in [-0.2, 0) is 5.41 Å². The van der Waals surface area contributed by atoms with E-state index >= 15 is 0 Å². The highest BCUT2D eigenvalue weighted by molar-refractivity contribution is 8.00. The molecular weight excluding hydrogens is 297 g/mol. The zero-order valence-corrected chi connectivity index (χ0v) is 13.9. The maximum Gasteiger partial charge on any atom is 0.191 e. The molecule has 3 nitrogen and oxygen atoms in total. The fourth-order valence-corrected chi connectivity index (χ4v) is 4.21. The van der Waals surface area contributed by atoms with E-state index in [4.69, 9.17) is 0 Å². The molecule has 120 valence electrons. The van der Waals surface area contributed by atoms with Gasteiger partial charge < -0.3 is 10.6 Å². The maximum atomic E-state index is 13.1. The quantitative estimate of drug-likeness (QED) is 0.647. The van der Waals surface area contributed by atoms with Crippen LogP contribution in [0.25, 0.3) is 0 Å². The van der Waals surface area contributed by atoms with E-state index in [0.29, 0.717) is 5.25 Å². The van der Waals surface area contributed by atoms with Gasteiger partial charge in [0.1, 0.15) is 5.82 Å². The molecule has 1 unspecified atom stereocenters. The number of aliphatic imine (C=N–C) groups is 1. The number of hydrogen-bond acceptors (Lipinski definition) is 2. The summed E-state index contributed by atoms with van der Waals surface area (Å²) in [6.07, 6.45) is 4.94. The third-order valence-corrected chi connectivity index (χ3v) is 6.05. The van der Waals surface area contributed by atoms with Gasteiger partial charge in [0.05, 0.1) is 0 Å². The van der Waals surface area contributed by atoms with E-state index in [1.54, 1.807) is 12.1 Å². The Balaban J connectivity index is 1.50. The standard InChI is InChI=1S/C17H24FN3S/c1-19-16(20-11-15-3-2-10-22-15)21-12-17(8-9-17)13-4-6-14(18)7-5-13/h4-7,15H,2-3,8-12H2,1H3,(H2,19,20,21). The van der Waals surface area contributed by atoms with E-state index in [1.807, 2.05) is 30.9 Å². The molecule has 0 amide bonds. The summed E-state index contributed by atoms with van der Waals surface area (Å²) in [6.45, 7) is 1.84. The van der Waals surface area contributed by atoms with Crippen LogP contribution in [0.4, 0.5) is 4.39 Å². The molecule has 1 aromatic carbocycles. The van der Waals surface area contributed by atoms with E-state index in [2.05, 4.69) is 15.6 Å². The Kier molecular flexibility index (Phi) is 4.91. The first-order valence-electron chi connectivity index (χ1n) is 8.04. The summed E-state index contributed by atoms with van der Waals surface area (Å²) < 4.78 is 13.1. The Morgan fingerprint density at radius 3 is 2.68 bits per heavy atom. The molecule has 2 fully saturated rings. The molecular formula is C17H24FN3S. The Bertz CT molecular complexity index is 519. The lowest BCUT2D eigenvalue weighted by atomic mass is 9.96. The largest absolute Gasteiger partial charge is 0.356 e. The Labute approximate surface area is 136 Å². The van der Waals surface area contributed by atoms with Gasteiger partial charge in [-0.05, 0) is 49.1 Å². The normalized spacial score (nSPS) is 23.4. The molecule has 22 heavy (non-hydrogen) atoms. The molecule has 2 N–H and O–H groups in total. The molecule has 1 aliphatic heterocycles. The molecule has 0 bridgehead atoms. The number of nitrogens with zero attached hydrogens (tertiary/aromatic N) is 1. The zero-order chi connectivity index (χ0) is 15.4. The molecule has 1 saturated carbocycles. The minimum Gasteiger partial charge on any atom is -0.356 e. The van der Waals surface area contributed by atoms with Gasteiger partial charge in [0.25, 0.3) is 0 Å². The molecule has 1 aliphatic carbocycles. The van der Waals surface area contributed by atoms with Gasteiger partial charge >= 0.3 is 0 Å². The summed E-state index contributed by atoms with van der Waals surface area (Å²) in [5.74, 6) is 1.99. The lowest BCUT2D eigenvalue weighted by Gasteiger charge is -2.20. The number of benzene rings is 1. The summed E-state index contributed by atoms with van der Waals surface area (Å²) in [4.78, 5) is 4.31. The predicted molar refractivity (Wildman–Crippen MR) is 92.2 cm³/mol. The summed E-state index contributed by atoms with van der Waals surface area (Å²) in [5.41, 5.74) is 1.39. The minimum atomic E-state index is -0.168. The second-order valence-electron chi connectivity index (χ2n) is 6.23. The fourth-order valence-electron chi connectivity index (χ4n) is 3.01. The van der Waals surface area contributed by atoms with Crippen molar-refractivity contribution in [2.24, 2.45) is 4.99 Å². The van der Waals surface area contributed by atoms with E-state index in [1.165, 1.54) is 24.2 Å². The summed E-state index contributed by atoms with van der Waals surface area (Å²) in [6, 6.07) is 6.93. The van der Waals surface area contributed by atoms with Gasteiger partial charge in [-0.2, -0.15) is 11.8 Å². The van der Waals surface area contributed by atoms with Crippen molar-refractivity contribution >= 4 is 17.7 Å². The number of halogens is 1. The number of nitrogens with one attached hydrogen (secondary N) is 2. The second-order valence-corrected chi connectivity index (χ2v) is 7.64. The molecule has 1 saturated heterocycles. The molecule has 2 aliphatic rings. The summed E-state index contributed by atoms with van der Waals surface area (Å²) in [7, 11) is 1.81. The van der Waals surface area contributed by atoms with Crippen molar-refractivity contribution in [3.05, 3.63) is 35.6 Å². The van der Waals surface area contributed by atoms with Gasteiger partial charge in [-0.1, -0.05) is 12.1 Å². The Morgan fingerprint density at radius 1 is 1.32 bits per heavy atom. The van der Waals surface area contributed by atoms with E-state index in [-0.39, 0.29) is 11.2 Å². The van der Waals surface area contributed by atoms with Crippen molar-refractivity contribution < 1.29 is 4.39 Å². The van der Waals surface area contributed by atoms with Gasteiger partial charge in [0, 0.05) is 30.8 Å². The van der Waals surface area contributed by atoms with Crippen molar-refractivity contribution in [3.8, 4) is 0 Å². The molecule has 0 aromatic heterocycles. The second kappa shape index (κ2) is 6.90. The molecule has 3 rings (SSSR count). The highest BCUT2D eigenvalue weighted by Gasteiger charge is 2.44. The first-order chi connectivity index (χ1) is 10.7. The van der Waals surface area contributed by atoms with Gasteiger partial charge in [-0.25, -0.2) is 4.39 Å². The van der Waals surface area contributed by atoms with Crippen LogP contribution < -0.4 is 10.6 Å². The molecule has 0 radical (unpaired) electrons. The maximum absolute atomic E-state index is 13.1. The predicted octanol–water partition coefficient (Wildman–Crippen LogP) is 2.92. The smallest absolute Gasteiger partial charge is 0.191 e. The molecule has 5 heteroatoms. The van der Waals surface area contributed by atoms with Crippen LogP contribution in [0.2, 0.25) is 0 Å². The highest BCUT2D eigenvalue weighted by atomic mass is 32.2. The van der Waals surface area contributed by atoms with Gasteiger partial charge in [-0.3, -0.25) is 4.99 Å². The number of rotatable bonds is 5. The van der Waals surface area contributed by atoms with Gasteiger partial charge in [0.2, 0.25) is 0 Å². The van der Waals surface area contributed by atoms with Crippen LogP contribution in [0.1, 0.15) is 31.2 Å². The Hall–Kier alpha value is -1.23. The van der Waals surface area contributed by atoms with Crippen LogP contribution in [0.5, 0.6) is 0 Å². The number of guanidine groups is 1. The molecule has 1 atom stereocenters. The third-order valence-electron chi connectivity index (χ3n) is 4.65. The SMILES string of the molecule is CN=C(NCC1CCCS1)NCC1(c2ccc(F)cc2)CC1. The Morgan fingerprint density at radius 2 is 2.09 bits per heavy atom. The monoisotopic (exact) mass is 321 g/mol. The lowest BCUT2D eigenvalue weighted by Crippen LogP contribution is -2.43. The zero-order valence-electron chi connectivity index (χ0n) is 13.1. The van der Waals surface area contributed by atoms with Crippen LogP contribution >= 0.6 is 11.8 Å². The topological polar surface area (TPSA) is 36.4 Å². The first-order valence-corrected chi connectivity index (χ1v) is 9.09. The van der Waals surface area contributed by atoms with Crippen molar-refractivity contribution in [1.82, 2.24) is 10.6 Å². The van der Waals surface area contributed by atoms with Crippen LogP contribution in [-0.4, -0.2) is 37.1 Å². The average molecular weight is 321 g/mol. The van der Waals surface area contributed by atoms with Crippen LogP contribution in [0, 0.1) is 5.82 Å². The number of thioether (sulfide) groups is 1. The van der Waals surface area contributed by atoms with Crippen LogP contribution in [0.3, 0.4) is 0 Å².